The van der Waals surface area contributed by atoms with E-state index >= 15 is 0 Å². The predicted molar refractivity (Wildman–Crippen MR) is 82.0 cm³/mol. The second-order valence-electron chi connectivity index (χ2n) is 5.96. The van der Waals surface area contributed by atoms with E-state index in [9.17, 15) is 0 Å². The molecule has 0 saturated heterocycles. The van der Waals surface area contributed by atoms with Crippen molar-refractivity contribution in [1.82, 2.24) is 0 Å². The summed E-state index contributed by atoms with van der Waals surface area (Å²) in [7, 11) is 0. The zero-order valence-corrected chi connectivity index (χ0v) is 12.8. The highest BCUT2D eigenvalue weighted by Crippen LogP contribution is 2.40. The van der Waals surface area contributed by atoms with Gasteiger partial charge in [-0.2, -0.15) is 0 Å². The molecule has 0 radical (unpaired) electrons. The molecule has 0 bridgehead atoms. The third kappa shape index (κ3) is 3.10. The van der Waals surface area contributed by atoms with Crippen LogP contribution in [0.5, 0.6) is 17.2 Å². The van der Waals surface area contributed by atoms with Crippen LogP contribution in [0.1, 0.15) is 44.6 Å². The van der Waals surface area contributed by atoms with Crippen LogP contribution in [-0.4, -0.2) is 19.4 Å². The van der Waals surface area contributed by atoms with Crippen molar-refractivity contribution in [2.45, 2.75) is 51.6 Å². The molecule has 4 nitrogen and oxygen atoms in total. The van der Waals surface area contributed by atoms with Crippen LogP contribution >= 0.6 is 0 Å². The van der Waals surface area contributed by atoms with Crippen molar-refractivity contribution in [1.29, 1.82) is 0 Å². The SMILES string of the molecule is CCC1CCCCC1Oc1cc2c(cc1CCN)OCO2. The van der Waals surface area contributed by atoms with Gasteiger partial charge < -0.3 is 19.9 Å². The van der Waals surface area contributed by atoms with Crippen LogP contribution in [0.25, 0.3) is 0 Å². The molecule has 1 aromatic carbocycles. The van der Waals surface area contributed by atoms with Gasteiger partial charge in [0, 0.05) is 6.07 Å². The third-order valence-electron chi connectivity index (χ3n) is 4.61. The van der Waals surface area contributed by atoms with Crippen molar-refractivity contribution in [3.63, 3.8) is 0 Å². The lowest BCUT2D eigenvalue weighted by Gasteiger charge is -2.32. The Kier molecular flexibility index (Phi) is 4.54. The fourth-order valence-corrected chi connectivity index (χ4v) is 3.38. The van der Waals surface area contributed by atoms with Crippen molar-refractivity contribution in [2.24, 2.45) is 11.7 Å². The molecule has 0 aromatic heterocycles. The fraction of sp³-hybridized carbons (Fsp3) is 0.647. The zero-order valence-electron chi connectivity index (χ0n) is 12.8. The highest BCUT2D eigenvalue weighted by molar-refractivity contribution is 5.52. The number of rotatable bonds is 5. The van der Waals surface area contributed by atoms with Gasteiger partial charge in [-0.25, -0.2) is 0 Å². The first-order valence-electron chi connectivity index (χ1n) is 8.11. The van der Waals surface area contributed by atoms with Gasteiger partial charge in [-0.1, -0.05) is 13.3 Å². The largest absolute Gasteiger partial charge is 0.490 e. The molecule has 2 N–H and O–H groups in total. The lowest BCUT2D eigenvalue weighted by atomic mass is 9.84. The van der Waals surface area contributed by atoms with Gasteiger partial charge in [0.2, 0.25) is 6.79 Å². The summed E-state index contributed by atoms with van der Waals surface area (Å²) in [6.07, 6.45) is 7.32. The average molecular weight is 291 g/mol. The quantitative estimate of drug-likeness (QED) is 0.904. The number of nitrogens with two attached hydrogens (primary N) is 1. The predicted octanol–water partition coefficient (Wildman–Crippen LogP) is 3.26. The van der Waals surface area contributed by atoms with Crippen LogP contribution < -0.4 is 19.9 Å². The molecule has 0 amide bonds. The maximum absolute atomic E-state index is 6.38. The Morgan fingerprint density at radius 1 is 1.19 bits per heavy atom. The molecule has 4 heteroatoms. The number of hydrogen-bond acceptors (Lipinski definition) is 4. The topological polar surface area (TPSA) is 53.7 Å². The van der Waals surface area contributed by atoms with Gasteiger partial charge >= 0.3 is 0 Å². The van der Waals surface area contributed by atoms with Crippen LogP contribution in [0.3, 0.4) is 0 Å². The molecule has 1 saturated carbocycles. The minimum absolute atomic E-state index is 0.294. The summed E-state index contributed by atoms with van der Waals surface area (Å²) < 4.78 is 17.3. The van der Waals surface area contributed by atoms with E-state index in [4.69, 9.17) is 19.9 Å². The van der Waals surface area contributed by atoms with Gasteiger partial charge in [0.15, 0.2) is 11.5 Å². The van der Waals surface area contributed by atoms with E-state index in [1.54, 1.807) is 0 Å². The summed E-state index contributed by atoms with van der Waals surface area (Å²) in [6.45, 7) is 3.16. The van der Waals surface area contributed by atoms with Crippen molar-refractivity contribution in [3.8, 4) is 17.2 Å². The number of benzene rings is 1. The molecule has 1 aliphatic carbocycles. The molecule has 21 heavy (non-hydrogen) atoms. The Bertz CT molecular complexity index is 489. The summed E-state index contributed by atoms with van der Waals surface area (Å²) in [5.74, 6) is 3.18. The van der Waals surface area contributed by atoms with E-state index in [1.165, 1.54) is 25.7 Å². The molecule has 1 heterocycles. The first kappa shape index (κ1) is 14.5. The zero-order chi connectivity index (χ0) is 14.7. The maximum Gasteiger partial charge on any atom is 0.231 e. The highest BCUT2D eigenvalue weighted by Gasteiger charge is 2.27. The molecule has 3 rings (SSSR count). The molecule has 2 aliphatic rings. The van der Waals surface area contributed by atoms with Crippen molar-refractivity contribution in [2.75, 3.05) is 13.3 Å². The molecule has 1 fully saturated rings. The van der Waals surface area contributed by atoms with Crippen LogP contribution in [0.2, 0.25) is 0 Å². The summed E-state index contributed by atoms with van der Waals surface area (Å²) >= 11 is 0. The molecule has 1 aromatic rings. The van der Waals surface area contributed by atoms with Gasteiger partial charge in [0.05, 0.1) is 0 Å². The standard InChI is InChI=1S/C17H25NO3/c1-2-12-5-3-4-6-14(12)21-15-10-17-16(19-11-20-17)9-13(15)7-8-18/h9-10,12,14H,2-8,11,18H2,1H3. The Morgan fingerprint density at radius 2 is 1.95 bits per heavy atom. The lowest BCUT2D eigenvalue weighted by Crippen LogP contribution is -2.30. The van der Waals surface area contributed by atoms with Gasteiger partial charge in [-0.15, -0.1) is 0 Å². The molecule has 2 unspecified atom stereocenters. The van der Waals surface area contributed by atoms with Crippen LogP contribution in [0.15, 0.2) is 12.1 Å². The Balaban J connectivity index is 1.82. The number of ether oxygens (including phenoxy) is 3. The monoisotopic (exact) mass is 291 g/mol. The van der Waals surface area contributed by atoms with Crippen LogP contribution in [0, 0.1) is 5.92 Å². The van der Waals surface area contributed by atoms with Crippen molar-refractivity contribution < 1.29 is 14.2 Å². The smallest absolute Gasteiger partial charge is 0.231 e. The lowest BCUT2D eigenvalue weighted by molar-refractivity contribution is 0.0892. The molecule has 0 spiro atoms. The van der Waals surface area contributed by atoms with Gasteiger partial charge in [-0.05, 0) is 56.2 Å². The van der Waals surface area contributed by atoms with Gasteiger partial charge in [0.1, 0.15) is 11.9 Å². The molecule has 1 aliphatic heterocycles. The Labute approximate surface area is 126 Å². The molecular weight excluding hydrogens is 266 g/mol. The van der Waals surface area contributed by atoms with E-state index in [2.05, 4.69) is 6.92 Å². The minimum atomic E-state index is 0.294. The van der Waals surface area contributed by atoms with E-state index < -0.39 is 0 Å². The van der Waals surface area contributed by atoms with E-state index in [1.807, 2.05) is 12.1 Å². The summed E-state index contributed by atoms with van der Waals surface area (Å²) in [4.78, 5) is 0. The summed E-state index contributed by atoms with van der Waals surface area (Å²) in [5, 5.41) is 0. The van der Waals surface area contributed by atoms with E-state index in [0.29, 0.717) is 25.4 Å². The maximum atomic E-state index is 6.38. The Morgan fingerprint density at radius 3 is 2.71 bits per heavy atom. The molecule has 116 valence electrons. The molecular formula is C17H25NO3. The first-order valence-corrected chi connectivity index (χ1v) is 8.11. The normalized spacial score (nSPS) is 24.1. The van der Waals surface area contributed by atoms with E-state index in [-0.39, 0.29) is 0 Å². The number of fused-ring (bicyclic) bond motifs is 1. The second kappa shape index (κ2) is 6.56. The fourth-order valence-electron chi connectivity index (χ4n) is 3.38. The third-order valence-corrected chi connectivity index (χ3v) is 4.61. The second-order valence-corrected chi connectivity index (χ2v) is 5.96. The molecule has 2 atom stereocenters. The Hall–Kier alpha value is -1.42. The summed E-state index contributed by atoms with van der Waals surface area (Å²) in [6, 6.07) is 4.00. The van der Waals surface area contributed by atoms with Crippen LogP contribution in [0.4, 0.5) is 0 Å². The van der Waals surface area contributed by atoms with Crippen molar-refractivity contribution >= 4 is 0 Å². The number of hydrogen-bond donors (Lipinski definition) is 1. The van der Waals surface area contributed by atoms with Gasteiger partial charge in [0.25, 0.3) is 0 Å². The van der Waals surface area contributed by atoms with E-state index in [0.717, 1.165) is 35.7 Å². The summed E-state index contributed by atoms with van der Waals surface area (Å²) in [5.41, 5.74) is 6.86. The van der Waals surface area contributed by atoms with Crippen LogP contribution in [-0.2, 0) is 6.42 Å². The average Bonchev–Trinajstić information content (AvgIpc) is 2.95. The van der Waals surface area contributed by atoms with Crippen molar-refractivity contribution in [3.05, 3.63) is 17.7 Å². The minimum Gasteiger partial charge on any atom is -0.490 e. The first-order chi connectivity index (χ1) is 10.3. The highest BCUT2D eigenvalue weighted by atomic mass is 16.7. The van der Waals surface area contributed by atoms with Gasteiger partial charge in [-0.3, -0.25) is 0 Å².